The maximum atomic E-state index is 11.3. The van der Waals surface area contributed by atoms with Gasteiger partial charge in [0.25, 0.3) is 5.56 Å². The van der Waals surface area contributed by atoms with Crippen LogP contribution in [0.5, 0.6) is 0 Å². The third-order valence-corrected chi connectivity index (χ3v) is 3.43. The summed E-state index contributed by atoms with van der Waals surface area (Å²) in [6.07, 6.45) is 0. The van der Waals surface area contributed by atoms with E-state index in [0.717, 1.165) is 38.6 Å². The lowest BCUT2D eigenvalue weighted by atomic mass is 10.4. The third-order valence-electron chi connectivity index (χ3n) is 2.59. The minimum absolute atomic E-state index is 0.158. The summed E-state index contributed by atoms with van der Waals surface area (Å²) in [5.41, 5.74) is 0.247. The first kappa shape index (κ1) is 12.5. The zero-order chi connectivity index (χ0) is 12.1. The Morgan fingerprint density at radius 1 is 1.41 bits per heavy atom. The maximum absolute atomic E-state index is 11.3. The summed E-state index contributed by atoms with van der Waals surface area (Å²) in [5, 5.41) is 8.32. The molecule has 0 radical (unpaired) electrons. The molecule has 1 aromatic rings. The fourth-order valence-corrected chi connectivity index (χ4v) is 2.35. The van der Waals surface area contributed by atoms with E-state index in [9.17, 15) is 4.79 Å². The Morgan fingerprint density at radius 3 is 2.88 bits per heavy atom. The van der Waals surface area contributed by atoms with Crippen LogP contribution in [0.4, 0.5) is 0 Å². The molecule has 0 bridgehead atoms. The summed E-state index contributed by atoms with van der Waals surface area (Å²) >= 11 is 1.53. The first-order valence-electron chi connectivity index (χ1n) is 5.62. The lowest BCUT2D eigenvalue weighted by Gasteiger charge is -2.26. The Labute approximate surface area is 104 Å². The first-order chi connectivity index (χ1) is 8.25. The van der Waals surface area contributed by atoms with Gasteiger partial charge in [-0.3, -0.25) is 14.7 Å². The quantitative estimate of drug-likeness (QED) is 0.758. The number of hydrogen-bond acceptors (Lipinski definition) is 6. The third kappa shape index (κ3) is 3.79. The van der Waals surface area contributed by atoms with E-state index in [2.05, 4.69) is 20.1 Å². The topological polar surface area (TPSA) is 71.1 Å². The van der Waals surface area contributed by atoms with Crippen LogP contribution < -0.4 is 5.56 Å². The molecular formula is C10H16N4O2S. The van der Waals surface area contributed by atoms with E-state index < -0.39 is 0 Å². The molecule has 1 aromatic heterocycles. The van der Waals surface area contributed by atoms with Crippen molar-refractivity contribution in [2.24, 2.45) is 0 Å². The Morgan fingerprint density at radius 2 is 2.18 bits per heavy atom. The predicted octanol–water partition coefficient (Wildman–Crippen LogP) is -0.102. The smallest absolute Gasteiger partial charge is 0.273 e. The van der Waals surface area contributed by atoms with Crippen molar-refractivity contribution in [3.8, 4) is 0 Å². The van der Waals surface area contributed by atoms with Gasteiger partial charge in [-0.25, -0.2) is 0 Å². The van der Waals surface area contributed by atoms with Gasteiger partial charge in [0.1, 0.15) is 5.69 Å². The molecule has 7 heteroatoms. The van der Waals surface area contributed by atoms with E-state index in [0.29, 0.717) is 10.9 Å². The Balaban J connectivity index is 1.77. The molecule has 0 atom stereocenters. The molecule has 17 heavy (non-hydrogen) atoms. The molecule has 0 amide bonds. The van der Waals surface area contributed by atoms with Crippen LogP contribution >= 0.6 is 11.8 Å². The van der Waals surface area contributed by atoms with E-state index in [1.54, 1.807) is 6.92 Å². The minimum atomic E-state index is -0.158. The molecule has 1 aliphatic rings. The Kier molecular flexibility index (Phi) is 4.52. The molecule has 1 aliphatic heterocycles. The highest BCUT2D eigenvalue weighted by atomic mass is 32.2. The standard InChI is InChI=1S/C10H16N4O2S/c1-8-9(15)11-10(13-12-8)17-7-4-14-2-5-16-6-3-14/h2-7H2,1H3,(H,11,13,15). The number of nitrogens with one attached hydrogen (secondary N) is 1. The highest BCUT2D eigenvalue weighted by Crippen LogP contribution is 2.10. The van der Waals surface area contributed by atoms with E-state index in [4.69, 9.17) is 4.74 Å². The van der Waals surface area contributed by atoms with Crippen molar-refractivity contribution in [3.63, 3.8) is 0 Å². The normalized spacial score (nSPS) is 17.2. The van der Waals surface area contributed by atoms with Gasteiger partial charge in [0.15, 0.2) is 5.16 Å². The molecule has 0 aliphatic carbocycles. The van der Waals surface area contributed by atoms with Gasteiger partial charge in [-0.15, -0.1) is 10.2 Å². The van der Waals surface area contributed by atoms with Gasteiger partial charge in [0, 0.05) is 25.4 Å². The van der Waals surface area contributed by atoms with Crippen molar-refractivity contribution in [1.82, 2.24) is 20.1 Å². The summed E-state index contributed by atoms with van der Waals surface area (Å²) in [6, 6.07) is 0. The molecule has 94 valence electrons. The van der Waals surface area contributed by atoms with Crippen LogP contribution in [-0.4, -0.2) is 58.7 Å². The molecule has 2 rings (SSSR count). The number of aromatic nitrogens is 3. The number of nitrogens with zero attached hydrogens (tertiary/aromatic N) is 3. The van der Waals surface area contributed by atoms with Crippen LogP contribution in [0.25, 0.3) is 0 Å². The second-order valence-corrected chi connectivity index (χ2v) is 4.93. The summed E-state index contributed by atoms with van der Waals surface area (Å²) in [6.45, 7) is 6.21. The van der Waals surface area contributed by atoms with Gasteiger partial charge in [-0.05, 0) is 6.92 Å². The van der Waals surface area contributed by atoms with Gasteiger partial charge in [0.05, 0.1) is 13.2 Å². The summed E-state index contributed by atoms with van der Waals surface area (Å²) < 4.78 is 5.27. The van der Waals surface area contributed by atoms with E-state index >= 15 is 0 Å². The van der Waals surface area contributed by atoms with Gasteiger partial charge in [-0.1, -0.05) is 11.8 Å². The van der Waals surface area contributed by atoms with Gasteiger partial charge in [0.2, 0.25) is 0 Å². The van der Waals surface area contributed by atoms with Gasteiger partial charge in [-0.2, -0.15) is 0 Å². The van der Waals surface area contributed by atoms with Crippen LogP contribution in [0.1, 0.15) is 5.69 Å². The lowest BCUT2D eigenvalue weighted by Crippen LogP contribution is -2.37. The number of aryl methyl sites for hydroxylation is 1. The highest BCUT2D eigenvalue weighted by molar-refractivity contribution is 7.99. The average Bonchev–Trinajstić information content (AvgIpc) is 2.35. The second-order valence-electron chi connectivity index (χ2n) is 3.85. The zero-order valence-electron chi connectivity index (χ0n) is 9.81. The van der Waals surface area contributed by atoms with Crippen LogP contribution in [0.3, 0.4) is 0 Å². The van der Waals surface area contributed by atoms with Gasteiger partial charge < -0.3 is 4.74 Å². The SMILES string of the molecule is Cc1nnc(SCCN2CCOCC2)[nH]c1=O. The maximum Gasteiger partial charge on any atom is 0.273 e. The van der Waals surface area contributed by atoms with Crippen molar-refractivity contribution in [3.05, 3.63) is 16.0 Å². The summed E-state index contributed by atoms with van der Waals surface area (Å²) in [7, 11) is 0. The second kappa shape index (κ2) is 6.13. The van der Waals surface area contributed by atoms with E-state index in [1.165, 1.54) is 11.8 Å². The molecule has 1 fully saturated rings. The molecule has 6 nitrogen and oxygen atoms in total. The lowest BCUT2D eigenvalue weighted by molar-refractivity contribution is 0.0410. The average molecular weight is 256 g/mol. The van der Waals surface area contributed by atoms with Gasteiger partial charge >= 0.3 is 0 Å². The fraction of sp³-hybridized carbons (Fsp3) is 0.700. The number of aromatic amines is 1. The zero-order valence-corrected chi connectivity index (χ0v) is 10.6. The molecular weight excluding hydrogens is 240 g/mol. The molecule has 1 saturated heterocycles. The Bertz CT molecular complexity index is 417. The number of thioether (sulfide) groups is 1. The first-order valence-corrected chi connectivity index (χ1v) is 6.61. The molecule has 0 aromatic carbocycles. The van der Waals surface area contributed by atoms with Crippen molar-refractivity contribution < 1.29 is 4.74 Å². The van der Waals surface area contributed by atoms with E-state index in [-0.39, 0.29) is 5.56 Å². The predicted molar refractivity (Wildman–Crippen MR) is 65.4 cm³/mol. The summed E-state index contributed by atoms with van der Waals surface area (Å²) in [5.74, 6) is 0.897. The number of hydrogen-bond donors (Lipinski definition) is 1. The largest absolute Gasteiger partial charge is 0.379 e. The summed E-state index contributed by atoms with van der Waals surface area (Å²) in [4.78, 5) is 16.4. The molecule has 2 heterocycles. The van der Waals surface area contributed by atoms with Crippen LogP contribution in [0.2, 0.25) is 0 Å². The van der Waals surface area contributed by atoms with Crippen molar-refractivity contribution in [1.29, 1.82) is 0 Å². The van der Waals surface area contributed by atoms with Crippen molar-refractivity contribution in [2.45, 2.75) is 12.1 Å². The molecule has 0 unspecified atom stereocenters. The van der Waals surface area contributed by atoms with Crippen molar-refractivity contribution >= 4 is 11.8 Å². The number of H-pyrrole nitrogens is 1. The van der Waals surface area contributed by atoms with Crippen LogP contribution in [0.15, 0.2) is 9.95 Å². The number of ether oxygens (including phenoxy) is 1. The minimum Gasteiger partial charge on any atom is -0.379 e. The number of morpholine rings is 1. The monoisotopic (exact) mass is 256 g/mol. The van der Waals surface area contributed by atoms with E-state index in [1.807, 2.05) is 0 Å². The molecule has 0 spiro atoms. The van der Waals surface area contributed by atoms with Crippen molar-refractivity contribution in [2.75, 3.05) is 38.6 Å². The fourth-order valence-electron chi connectivity index (χ4n) is 1.54. The Hall–Kier alpha value is -0.920. The molecule has 0 saturated carbocycles. The molecule has 1 N–H and O–H groups in total. The van der Waals surface area contributed by atoms with Crippen LogP contribution in [0, 0.1) is 6.92 Å². The van der Waals surface area contributed by atoms with Crippen LogP contribution in [-0.2, 0) is 4.74 Å². The number of rotatable bonds is 4. The highest BCUT2D eigenvalue weighted by Gasteiger charge is 2.10.